The number of benzene rings is 2. The first-order valence-electron chi connectivity index (χ1n) is 7.79. The van der Waals surface area contributed by atoms with Gasteiger partial charge in [-0.25, -0.2) is 8.78 Å². The number of hydrogen-bond donors (Lipinski definition) is 2. The summed E-state index contributed by atoms with van der Waals surface area (Å²) in [6.45, 7) is 0. The van der Waals surface area contributed by atoms with E-state index >= 15 is 0 Å². The third-order valence-corrected chi connectivity index (χ3v) is 7.07. The Morgan fingerprint density at radius 2 is 1.85 bits per heavy atom. The number of anilines is 1. The lowest BCUT2D eigenvalue weighted by Gasteiger charge is -2.37. The standard InChI is InChI=1S/C18H14F2INO3S/c19-12-4-3-11(9-13(12)20)22-16(23)10-2-5-14(21)15(8-10)26-18(17(24)25)6-1-7-18/h2-5,8-9H,1,6-7H2,(H,22,23)(H,24,25). The summed E-state index contributed by atoms with van der Waals surface area (Å²) < 4.78 is 26.3. The minimum atomic E-state index is -1.05. The molecule has 1 aliphatic rings. The molecule has 136 valence electrons. The van der Waals surface area contributed by atoms with Crippen LogP contribution in [0.5, 0.6) is 0 Å². The summed E-state index contributed by atoms with van der Waals surface area (Å²) in [5, 5.41) is 12.0. The average molecular weight is 489 g/mol. The van der Waals surface area contributed by atoms with E-state index < -0.39 is 28.3 Å². The van der Waals surface area contributed by atoms with E-state index in [9.17, 15) is 23.5 Å². The molecule has 2 aromatic rings. The van der Waals surface area contributed by atoms with Crippen molar-refractivity contribution in [3.05, 3.63) is 57.2 Å². The Balaban J connectivity index is 1.81. The molecule has 1 fully saturated rings. The lowest BCUT2D eigenvalue weighted by molar-refractivity contribution is -0.142. The number of carboxylic acid groups (broad SMARTS) is 1. The molecule has 0 aliphatic heterocycles. The third-order valence-electron chi connectivity index (χ3n) is 4.23. The zero-order chi connectivity index (χ0) is 18.9. The zero-order valence-electron chi connectivity index (χ0n) is 13.4. The molecule has 0 radical (unpaired) electrons. The van der Waals surface area contributed by atoms with E-state index in [1.807, 2.05) is 0 Å². The van der Waals surface area contributed by atoms with E-state index in [4.69, 9.17) is 0 Å². The van der Waals surface area contributed by atoms with E-state index in [1.165, 1.54) is 17.8 Å². The molecule has 0 saturated heterocycles. The first kappa shape index (κ1) is 19.1. The van der Waals surface area contributed by atoms with Crippen LogP contribution in [0.15, 0.2) is 41.3 Å². The Bertz CT molecular complexity index is 887. The molecular formula is C18H14F2INO3S. The molecule has 2 N–H and O–H groups in total. The minimum absolute atomic E-state index is 0.141. The van der Waals surface area contributed by atoms with E-state index in [1.54, 1.807) is 18.2 Å². The van der Waals surface area contributed by atoms with Gasteiger partial charge in [-0.1, -0.05) is 0 Å². The number of carbonyl (C=O) groups excluding carboxylic acids is 1. The van der Waals surface area contributed by atoms with Crippen molar-refractivity contribution in [2.24, 2.45) is 0 Å². The summed E-state index contributed by atoms with van der Waals surface area (Å²) >= 11 is 3.36. The molecule has 1 aliphatic carbocycles. The van der Waals surface area contributed by atoms with Gasteiger partial charge in [0, 0.05) is 25.8 Å². The van der Waals surface area contributed by atoms with Gasteiger partial charge >= 0.3 is 5.97 Å². The average Bonchev–Trinajstić information content (AvgIpc) is 2.55. The number of aliphatic carboxylic acids is 1. The van der Waals surface area contributed by atoms with Gasteiger partial charge in [0.25, 0.3) is 5.91 Å². The highest BCUT2D eigenvalue weighted by Gasteiger charge is 2.45. The van der Waals surface area contributed by atoms with Crippen LogP contribution in [0.3, 0.4) is 0 Å². The predicted molar refractivity (Wildman–Crippen MR) is 104 cm³/mol. The molecule has 0 spiro atoms. The highest BCUT2D eigenvalue weighted by Crippen LogP contribution is 2.49. The molecule has 0 aromatic heterocycles. The van der Waals surface area contributed by atoms with Crippen molar-refractivity contribution >= 4 is 51.9 Å². The summed E-state index contributed by atoms with van der Waals surface area (Å²) in [6, 6.07) is 8.08. The van der Waals surface area contributed by atoms with E-state index in [-0.39, 0.29) is 5.69 Å². The topological polar surface area (TPSA) is 66.4 Å². The van der Waals surface area contributed by atoms with Gasteiger partial charge in [0.2, 0.25) is 0 Å². The predicted octanol–water partition coefficient (Wildman–Crippen LogP) is 4.92. The van der Waals surface area contributed by atoms with E-state index in [2.05, 4.69) is 27.9 Å². The molecule has 0 atom stereocenters. The molecular weight excluding hydrogens is 475 g/mol. The number of carbonyl (C=O) groups is 2. The Morgan fingerprint density at radius 3 is 2.42 bits per heavy atom. The molecule has 2 aromatic carbocycles. The summed E-state index contributed by atoms with van der Waals surface area (Å²) in [4.78, 5) is 24.7. The van der Waals surface area contributed by atoms with Crippen molar-refractivity contribution in [1.29, 1.82) is 0 Å². The fourth-order valence-corrected chi connectivity index (χ4v) is 4.59. The summed E-state index contributed by atoms with van der Waals surface area (Å²) in [6.07, 6.45) is 2.05. The second-order valence-corrected chi connectivity index (χ2v) is 8.57. The summed E-state index contributed by atoms with van der Waals surface area (Å²) in [7, 11) is 0. The SMILES string of the molecule is O=C(Nc1ccc(F)c(F)c1)c1ccc(I)c(SC2(C(=O)O)CCC2)c1. The molecule has 0 bridgehead atoms. The van der Waals surface area contributed by atoms with Gasteiger partial charge in [-0.2, -0.15) is 0 Å². The van der Waals surface area contributed by atoms with Crippen molar-refractivity contribution < 1.29 is 23.5 Å². The number of amides is 1. The van der Waals surface area contributed by atoms with Crippen LogP contribution in [0.1, 0.15) is 29.6 Å². The summed E-state index contributed by atoms with van der Waals surface area (Å²) in [5.74, 6) is -3.36. The maximum Gasteiger partial charge on any atom is 0.320 e. The van der Waals surface area contributed by atoms with Crippen molar-refractivity contribution in [2.45, 2.75) is 28.9 Å². The van der Waals surface area contributed by atoms with E-state index in [0.717, 1.165) is 22.1 Å². The van der Waals surface area contributed by atoms with Gasteiger partial charge in [-0.3, -0.25) is 9.59 Å². The van der Waals surface area contributed by atoms with Crippen molar-refractivity contribution in [3.63, 3.8) is 0 Å². The van der Waals surface area contributed by atoms with Crippen LogP contribution in [-0.2, 0) is 4.79 Å². The number of nitrogens with one attached hydrogen (secondary N) is 1. The van der Waals surface area contributed by atoms with Gasteiger partial charge < -0.3 is 10.4 Å². The lowest BCUT2D eigenvalue weighted by atomic mass is 9.84. The number of halogens is 3. The lowest BCUT2D eigenvalue weighted by Crippen LogP contribution is -2.41. The maximum atomic E-state index is 13.3. The van der Waals surface area contributed by atoms with Crippen molar-refractivity contribution in [3.8, 4) is 0 Å². The molecule has 0 unspecified atom stereocenters. The molecule has 8 heteroatoms. The van der Waals surface area contributed by atoms with Crippen LogP contribution in [0.25, 0.3) is 0 Å². The maximum absolute atomic E-state index is 13.3. The largest absolute Gasteiger partial charge is 0.480 e. The normalized spacial score (nSPS) is 15.2. The fraction of sp³-hybridized carbons (Fsp3) is 0.222. The Hall–Kier alpha value is -1.68. The first-order valence-corrected chi connectivity index (χ1v) is 9.69. The van der Waals surface area contributed by atoms with Gasteiger partial charge in [0.05, 0.1) is 0 Å². The van der Waals surface area contributed by atoms with Crippen LogP contribution < -0.4 is 5.32 Å². The van der Waals surface area contributed by atoms with Gasteiger partial charge in [-0.15, -0.1) is 11.8 Å². The second kappa shape index (κ2) is 7.51. The molecule has 0 heterocycles. The van der Waals surface area contributed by atoms with Crippen LogP contribution in [0, 0.1) is 15.2 Å². The van der Waals surface area contributed by atoms with Gasteiger partial charge in [-0.05, 0) is 72.2 Å². The number of hydrogen-bond acceptors (Lipinski definition) is 3. The van der Waals surface area contributed by atoms with Gasteiger partial charge in [0.15, 0.2) is 11.6 Å². The third kappa shape index (κ3) is 3.85. The first-order chi connectivity index (χ1) is 12.3. The molecule has 26 heavy (non-hydrogen) atoms. The molecule has 4 nitrogen and oxygen atoms in total. The fourth-order valence-electron chi connectivity index (χ4n) is 2.57. The molecule has 1 amide bonds. The second-order valence-electron chi connectivity index (χ2n) is 5.98. The number of rotatable bonds is 5. The molecule has 3 rings (SSSR count). The summed E-state index contributed by atoms with van der Waals surface area (Å²) in [5.41, 5.74) is 0.458. The van der Waals surface area contributed by atoms with Crippen LogP contribution in [0.4, 0.5) is 14.5 Å². The Kier molecular flexibility index (Phi) is 5.52. The monoisotopic (exact) mass is 489 g/mol. The van der Waals surface area contributed by atoms with Crippen LogP contribution in [0.2, 0.25) is 0 Å². The molecule has 1 saturated carbocycles. The highest BCUT2D eigenvalue weighted by molar-refractivity contribution is 14.1. The smallest absolute Gasteiger partial charge is 0.320 e. The van der Waals surface area contributed by atoms with Crippen molar-refractivity contribution in [1.82, 2.24) is 0 Å². The zero-order valence-corrected chi connectivity index (χ0v) is 16.4. The Labute approximate surface area is 166 Å². The van der Waals surface area contributed by atoms with E-state index in [0.29, 0.717) is 23.3 Å². The number of thioether (sulfide) groups is 1. The number of carboxylic acids is 1. The van der Waals surface area contributed by atoms with Crippen LogP contribution >= 0.6 is 34.4 Å². The quantitative estimate of drug-likeness (QED) is 0.586. The highest BCUT2D eigenvalue weighted by atomic mass is 127. The minimum Gasteiger partial charge on any atom is -0.480 e. The van der Waals surface area contributed by atoms with Crippen LogP contribution in [-0.4, -0.2) is 21.7 Å². The Morgan fingerprint density at radius 1 is 1.12 bits per heavy atom. The van der Waals surface area contributed by atoms with Crippen molar-refractivity contribution in [2.75, 3.05) is 5.32 Å². The van der Waals surface area contributed by atoms with Gasteiger partial charge in [0.1, 0.15) is 4.75 Å².